The number of aldehydes is 1. The molecular formula is C17H25NO3. The monoisotopic (exact) mass is 291 g/mol. The van der Waals surface area contributed by atoms with Crippen molar-refractivity contribution in [2.24, 2.45) is 5.92 Å². The third-order valence-electron chi connectivity index (χ3n) is 3.92. The second-order valence-corrected chi connectivity index (χ2v) is 6.81. The van der Waals surface area contributed by atoms with Crippen molar-refractivity contribution in [1.29, 1.82) is 0 Å². The summed E-state index contributed by atoms with van der Waals surface area (Å²) in [4.78, 5) is 24.5. The number of rotatable bonds is 2. The number of carbonyl (C=O) groups is 2. The average Bonchev–Trinajstić information content (AvgIpc) is 2.46. The molecule has 0 N–H and O–H groups in total. The lowest BCUT2D eigenvalue weighted by molar-refractivity contribution is -0.111. The van der Waals surface area contributed by atoms with Gasteiger partial charge in [-0.3, -0.25) is 0 Å². The normalized spacial score (nSPS) is 23.2. The van der Waals surface area contributed by atoms with E-state index in [9.17, 15) is 9.59 Å². The summed E-state index contributed by atoms with van der Waals surface area (Å²) < 4.78 is 5.39. The molecule has 0 bridgehead atoms. The van der Waals surface area contributed by atoms with Crippen LogP contribution in [0.15, 0.2) is 23.3 Å². The molecule has 4 nitrogen and oxygen atoms in total. The molecular weight excluding hydrogens is 266 g/mol. The summed E-state index contributed by atoms with van der Waals surface area (Å²) in [6.07, 6.45) is 8.79. The third kappa shape index (κ3) is 4.45. The second kappa shape index (κ2) is 6.46. The predicted molar refractivity (Wildman–Crippen MR) is 82.0 cm³/mol. The van der Waals surface area contributed by atoms with Crippen LogP contribution >= 0.6 is 0 Å². The van der Waals surface area contributed by atoms with E-state index in [0.29, 0.717) is 13.1 Å². The van der Waals surface area contributed by atoms with Crippen molar-refractivity contribution in [3.63, 3.8) is 0 Å². The number of amides is 1. The molecule has 116 valence electrons. The lowest BCUT2D eigenvalue weighted by Gasteiger charge is -2.31. The van der Waals surface area contributed by atoms with E-state index in [1.54, 1.807) is 4.90 Å². The zero-order chi connectivity index (χ0) is 15.5. The zero-order valence-corrected chi connectivity index (χ0v) is 13.2. The summed E-state index contributed by atoms with van der Waals surface area (Å²) in [5, 5.41) is 0. The number of ether oxygens (including phenoxy) is 1. The van der Waals surface area contributed by atoms with Crippen LogP contribution < -0.4 is 0 Å². The zero-order valence-electron chi connectivity index (χ0n) is 13.2. The maximum atomic E-state index is 12.0. The number of hydrogen-bond donors (Lipinski definition) is 0. The van der Waals surface area contributed by atoms with E-state index in [1.807, 2.05) is 20.8 Å². The second-order valence-electron chi connectivity index (χ2n) is 6.81. The fraction of sp³-hybridized carbons (Fsp3) is 0.647. The number of hydrogen-bond acceptors (Lipinski definition) is 3. The quantitative estimate of drug-likeness (QED) is 0.732. The smallest absolute Gasteiger partial charge is 0.410 e. The highest BCUT2D eigenvalue weighted by Crippen LogP contribution is 2.30. The molecule has 0 saturated heterocycles. The molecule has 2 aliphatic rings. The summed E-state index contributed by atoms with van der Waals surface area (Å²) >= 11 is 0. The van der Waals surface area contributed by atoms with Crippen molar-refractivity contribution in [2.45, 2.75) is 52.1 Å². The van der Waals surface area contributed by atoms with E-state index in [1.165, 1.54) is 11.1 Å². The van der Waals surface area contributed by atoms with Crippen LogP contribution in [0.4, 0.5) is 4.79 Å². The molecule has 2 rings (SSSR count). The SMILES string of the molecule is CC(C)(C)OC(=O)N1CC=C(C2=CCC(C=O)CC2)CC1. The van der Waals surface area contributed by atoms with Gasteiger partial charge in [-0.2, -0.15) is 0 Å². The highest BCUT2D eigenvalue weighted by atomic mass is 16.6. The average molecular weight is 291 g/mol. The number of allylic oxidation sites excluding steroid dienone is 2. The number of nitrogens with zero attached hydrogens (tertiary/aromatic N) is 1. The molecule has 1 atom stereocenters. The first-order chi connectivity index (χ1) is 9.89. The summed E-state index contributed by atoms with van der Waals surface area (Å²) in [7, 11) is 0. The van der Waals surface area contributed by atoms with Crippen molar-refractivity contribution in [3.8, 4) is 0 Å². The van der Waals surface area contributed by atoms with Crippen LogP contribution in [0, 0.1) is 5.92 Å². The van der Waals surface area contributed by atoms with Gasteiger partial charge < -0.3 is 14.4 Å². The van der Waals surface area contributed by atoms with Gasteiger partial charge >= 0.3 is 6.09 Å². The maximum Gasteiger partial charge on any atom is 0.410 e. The molecule has 21 heavy (non-hydrogen) atoms. The largest absolute Gasteiger partial charge is 0.444 e. The van der Waals surface area contributed by atoms with Gasteiger partial charge in [0.1, 0.15) is 11.9 Å². The van der Waals surface area contributed by atoms with Gasteiger partial charge in [-0.15, -0.1) is 0 Å². The molecule has 0 saturated carbocycles. The van der Waals surface area contributed by atoms with Gasteiger partial charge in [0, 0.05) is 19.0 Å². The highest BCUT2D eigenvalue weighted by Gasteiger charge is 2.25. The first-order valence-corrected chi connectivity index (χ1v) is 7.70. The Morgan fingerprint density at radius 1 is 1.29 bits per heavy atom. The van der Waals surface area contributed by atoms with Crippen LogP contribution in [0.1, 0.15) is 46.5 Å². The van der Waals surface area contributed by atoms with Crippen molar-refractivity contribution < 1.29 is 14.3 Å². The third-order valence-corrected chi connectivity index (χ3v) is 3.92. The summed E-state index contributed by atoms with van der Waals surface area (Å²) in [6, 6.07) is 0. The molecule has 1 aliphatic heterocycles. The topological polar surface area (TPSA) is 46.6 Å². The van der Waals surface area contributed by atoms with E-state index in [0.717, 1.165) is 32.0 Å². The van der Waals surface area contributed by atoms with E-state index in [2.05, 4.69) is 12.2 Å². The molecule has 4 heteroatoms. The Morgan fingerprint density at radius 2 is 2.00 bits per heavy atom. The molecule has 0 aromatic carbocycles. The lowest BCUT2D eigenvalue weighted by atomic mass is 9.85. The lowest BCUT2D eigenvalue weighted by Crippen LogP contribution is -2.39. The van der Waals surface area contributed by atoms with E-state index < -0.39 is 5.60 Å². The Labute approximate surface area is 126 Å². The molecule has 1 unspecified atom stereocenters. The van der Waals surface area contributed by atoms with Crippen LogP contribution in [-0.4, -0.2) is 36.0 Å². The van der Waals surface area contributed by atoms with Gasteiger partial charge in [-0.25, -0.2) is 4.79 Å². The first-order valence-electron chi connectivity index (χ1n) is 7.70. The van der Waals surface area contributed by atoms with Crippen LogP contribution in [0.3, 0.4) is 0 Å². The van der Waals surface area contributed by atoms with Crippen molar-refractivity contribution in [1.82, 2.24) is 4.90 Å². The van der Waals surface area contributed by atoms with Crippen molar-refractivity contribution >= 4 is 12.4 Å². The van der Waals surface area contributed by atoms with Crippen molar-refractivity contribution in [2.75, 3.05) is 13.1 Å². The van der Waals surface area contributed by atoms with E-state index >= 15 is 0 Å². The molecule has 0 radical (unpaired) electrons. The maximum absolute atomic E-state index is 12.0. The Balaban J connectivity index is 1.92. The fourth-order valence-corrected chi connectivity index (χ4v) is 2.72. The summed E-state index contributed by atoms with van der Waals surface area (Å²) in [5.74, 6) is 0.191. The van der Waals surface area contributed by atoms with Gasteiger partial charge in [0.2, 0.25) is 0 Å². The van der Waals surface area contributed by atoms with Crippen LogP contribution in [0.25, 0.3) is 0 Å². The molecule has 0 fully saturated rings. The molecule has 1 amide bonds. The molecule has 1 heterocycles. The van der Waals surface area contributed by atoms with Crippen LogP contribution in [0.5, 0.6) is 0 Å². The molecule has 0 spiro atoms. The standard InChI is InChI=1S/C17H25NO3/c1-17(2,3)21-16(20)18-10-8-15(9-11-18)14-6-4-13(12-19)5-7-14/h6,8,12-13H,4-5,7,9-11H2,1-3H3. The minimum absolute atomic E-state index is 0.191. The first kappa shape index (κ1) is 15.8. The number of carbonyl (C=O) groups excluding carboxylic acids is 2. The van der Waals surface area contributed by atoms with E-state index in [4.69, 9.17) is 4.74 Å². The van der Waals surface area contributed by atoms with Gasteiger partial charge in [0.05, 0.1) is 0 Å². The van der Waals surface area contributed by atoms with Crippen molar-refractivity contribution in [3.05, 3.63) is 23.3 Å². The Morgan fingerprint density at radius 3 is 2.48 bits per heavy atom. The predicted octanol–water partition coefficient (Wildman–Crippen LogP) is 3.48. The van der Waals surface area contributed by atoms with Gasteiger partial charge in [-0.05, 0) is 57.6 Å². The van der Waals surface area contributed by atoms with Crippen LogP contribution in [0.2, 0.25) is 0 Å². The fourth-order valence-electron chi connectivity index (χ4n) is 2.72. The minimum Gasteiger partial charge on any atom is -0.444 e. The Bertz CT molecular complexity index is 471. The minimum atomic E-state index is -0.448. The Hall–Kier alpha value is -1.58. The van der Waals surface area contributed by atoms with E-state index in [-0.39, 0.29) is 12.0 Å². The molecule has 0 aromatic heterocycles. The Kier molecular flexibility index (Phi) is 4.86. The molecule has 0 aromatic rings. The summed E-state index contributed by atoms with van der Waals surface area (Å²) in [6.45, 7) is 6.96. The van der Waals surface area contributed by atoms with Gasteiger partial charge in [0.25, 0.3) is 0 Å². The summed E-state index contributed by atoms with van der Waals surface area (Å²) in [5.41, 5.74) is 2.24. The van der Waals surface area contributed by atoms with Gasteiger partial charge in [-0.1, -0.05) is 12.2 Å². The van der Waals surface area contributed by atoms with Gasteiger partial charge in [0.15, 0.2) is 0 Å². The highest BCUT2D eigenvalue weighted by molar-refractivity contribution is 5.68. The molecule has 1 aliphatic carbocycles. The van der Waals surface area contributed by atoms with Crippen LogP contribution in [-0.2, 0) is 9.53 Å².